The largest absolute Gasteiger partial charge is 0.369 e. The molecule has 2 amide bonds. The van der Waals surface area contributed by atoms with Crippen LogP contribution in [0.3, 0.4) is 0 Å². The highest BCUT2D eigenvalue weighted by molar-refractivity contribution is 9.10. The first-order chi connectivity index (χ1) is 8.54. The summed E-state index contributed by atoms with van der Waals surface area (Å²) in [7, 11) is 0. The number of nitrogens with zero attached hydrogens (tertiary/aromatic N) is 2. The minimum absolute atomic E-state index is 0.124. The van der Waals surface area contributed by atoms with E-state index in [2.05, 4.69) is 15.9 Å². The topological polar surface area (TPSA) is 87.2 Å². The molecule has 1 atom stereocenters. The molecule has 1 aliphatic rings. The molecule has 2 rings (SSSR count). The minimum atomic E-state index is -0.474. The van der Waals surface area contributed by atoms with Gasteiger partial charge in [0.15, 0.2) is 0 Å². The van der Waals surface area contributed by atoms with Gasteiger partial charge in [-0.1, -0.05) is 6.07 Å². The van der Waals surface area contributed by atoms with E-state index in [-0.39, 0.29) is 18.9 Å². The molecule has 1 aromatic carbocycles. The molecular formula is C12H10BrN3O2. The standard InChI is InChI=1S/C12H10BrN3O2/c13-11-7(5-14)2-1-3-9(11)16-6-8(12(15)18)4-10(16)17/h1-3,8H,4,6H2,(H2,15,18). The quantitative estimate of drug-likeness (QED) is 0.889. The molecule has 0 saturated carbocycles. The highest BCUT2D eigenvalue weighted by Gasteiger charge is 2.34. The number of nitrogens with two attached hydrogens (primary N) is 1. The second kappa shape index (κ2) is 4.78. The zero-order valence-electron chi connectivity index (χ0n) is 9.39. The van der Waals surface area contributed by atoms with E-state index in [0.29, 0.717) is 15.7 Å². The Bertz CT molecular complexity index is 565. The van der Waals surface area contributed by atoms with Gasteiger partial charge in [0.2, 0.25) is 11.8 Å². The van der Waals surface area contributed by atoms with Gasteiger partial charge in [-0.3, -0.25) is 9.59 Å². The number of benzene rings is 1. The number of hydrogen-bond donors (Lipinski definition) is 1. The normalized spacial score (nSPS) is 18.8. The third-order valence-electron chi connectivity index (χ3n) is 2.92. The van der Waals surface area contributed by atoms with Gasteiger partial charge in [0.1, 0.15) is 6.07 Å². The van der Waals surface area contributed by atoms with Gasteiger partial charge >= 0.3 is 0 Å². The summed E-state index contributed by atoms with van der Waals surface area (Å²) in [5.74, 6) is -1.09. The SMILES string of the molecule is N#Cc1cccc(N2CC(C(N)=O)CC2=O)c1Br. The van der Waals surface area contributed by atoms with E-state index >= 15 is 0 Å². The van der Waals surface area contributed by atoms with Gasteiger partial charge in [0.25, 0.3) is 0 Å². The molecule has 0 aromatic heterocycles. The Hall–Kier alpha value is -1.87. The molecule has 1 unspecified atom stereocenters. The molecule has 1 fully saturated rings. The van der Waals surface area contributed by atoms with Gasteiger partial charge in [0.05, 0.1) is 21.6 Å². The molecule has 92 valence electrons. The van der Waals surface area contributed by atoms with Gasteiger partial charge in [-0.05, 0) is 28.1 Å². The summed E-state index contributed by atoms with van der Waals surface area (Å²) in [6.07, 6.45) is 0.124. The number of amides is 2. The highest BCUT2D eigenvalue weighted by Crippen LogP contribution is 2.33. The number of halogens is 1. The fraction of sp³-hybridized carbons (Fsp3) is 0.250. The van der Waals surface area contributed by atoms with Crippen molar-refractivity contribution in [1.82, 2.24) is 0 Å². The zero-order chi connectivity index (χ0) is 13.3. The molecule has 0 spiro atoms. The molecule has 0 aliphatic carbocycles. The summed E-state index contributed by atoms with van der Waals surface area (Å²) < 4.78 is 0.561. The average Bonchev–Trinajstić information content (AvgIpc) is 2.72. The summed E-state index contributed by atoms with van der Waals surface area (Å²) in [5, 5.41) is 8.93. The van der Waals surface area contributed by atoms with Crippen LogP contribution in [0.25, 0.3) is 0 Å². The van der Waals surface area contributed by atoms with Crippen LogP contribution in [0.15, 0.2) is 22.7 Å². The monoisotopic (exact) mass is 307 g/mol. The van der Waals surface area contributed by atoms with Crippen LogP contribution < -0.4 is 10.6 Å². The fourth-order valence-corrected chi connectivity index (χ4v) is 2.51. The van der Waals surface area contributed by atoms with E-state index in [1.807, 2.05) is 6.07 Å². The number of anilines is 1. The Kier molecular flexibility index (Phi) is 3.34. The van der Waals surface area contributed by atoms with Crippen molar-refractivity contribution in [3.05, 3.63) is 28.2 Å². The zero-order valence-corrected chi connectivity index (χ0v) is 11.0. The van der Waals surface area contributed by atoms with Crippen LogP contribution in [0.2, 0.25) is 0 Å². The Morgan fingerprint density at radius 1 is 1.56 bits per heavy atom. The van der Waals surface area contributed by atoms with Crippen molar-refractivity contribution in [3.63, 3.8) is 0 Å². The lowest BCUT2D eigenvalue weighted by molar-refractivity contribution is -0.123. The number of hydrogen-bond acceptors (Lipinski definition) is 3. The molecule has 1 heterocycles. The lowest BCUT2D eigenvalue weighted by Gasteiger charge is -2.18. The summed E-state index contributed by atoms with van der Waals surface area (Å²) in [5.41, 5.74) is 6.26. The smallest absolute Gasteiger partial charge is 0.227 e. The van der Waals surface area contributed by atoms with Crippen LogP contribution in [0.5, 0.6) is 0 Å². The van der Waals surface area contributed by atoms with Crippen molar-refractivity contribution >= 4 is 33.4 Å². The first kappa shape index (κ1) is 12.6. The maximum absolute atomic E-state index is 11.9. The van der Waals surface area contributed by atoms with E-state index in [1.165, 1.54) is 4.90 Å². The van der Waals surface area contributed by atoms with Gasteiger partial charge in [-0.15, -0.1) is 0 Å². The van der Waals surface area contributed by atoms with Crippen LogP contribution in [-0.2, 0) is 9.59 Å². The third-order valence-corrected chi connectivity index (χ3v) is 3.75. The number of primary amides is 1. The van der Waals surface area contributed by atoms with Crippen LogP contribution in [0.4, 0.5) is 5.69 Å². The Morgan fingerprint density at radius 2 is 2.28 bits per heavy atom. The van der Waals surface area contributed by atoms with Gasteiger partial charge in [-0.2, -0.15) is 5.26 Å². The summed E-state index contributed by atoms with van der Waals surface area (Å²) in [6, 6.07) is 7.11. The third kappa shape index (κ3) is 2.09. The summed E-state index contributed by atoms with van der Waals surface area (Å²) >= 11 is 3.30. The lowest BCUT2D eigenvalue weighted by Crippen LogP contribution is -2.28. The Balaban J connectivity index is 2.36. The molecule has 0 radical (unpaired) electrons. The fourth-order valence-electron chi connectivity index (χ4n) is 1.95. The molecule has 1 saturated heterocycles. The van der Waals surface area contributed by atoms with Crippen LogP contribution >= 0.6 is 15.9 Å². The summed E-state index contributed by atoms with van der Waals surface area (Å²) in [6.45, 7) is 0.266. The predicted octanol–water partition coefficient (Wildman–Crippen LogP) is 1.16. The summed E-state index contributed by atoms with van der Waals surface area (Å²) in [4.78, 5) is 24.5. The van der Waals surface area contributed by atoms with E-state index in [1.54, 1.807) is 18.2 Å². The van der Waals surface area contributed by atoms with Gasteiger partial charge in [0, 0.05) is 13.0 Å². The molecule has 2 N–H and O–H groups in total. The van der Waals surface area contributed by atoms with Crippen molar-refractivity contribution < 1.29 is 9.59 Å². The van der Waals surface area contributed by atoms with E-state index in [4.69, 9.17) is 11.0 Å². The number of carbonyl (C=O) groups excluding carboxylic acids is 2. The second-order valence-electron chi connectivity index (χ2n) is 4.06. The second-order valence-corrected chi connectivity index (χ2v) is 4.85. The van der Waals surface area contributed by atoms with Crippen LogP contribution in [0.1, 0.15) is 12.0 Å². The number of carbonyl (C=O) groups is 2. The first-order valence-corrected chi connectivity index (χ1v) is 6.12. The van der Waals surface area contributed by atoms with Crippen molar-refractivity contribution in [1.29, 1.82) is 5.26 Å². The highest BCUT2D eigenvalue weighted by atomic mass is 79.9. The van der Waals surface area contributed by atoms with Crippen molar-refractivity contribution in [3.8, 4) is 6.07 Å². The van der Waals surface area contributed by atoms with Crippen LogP contribution in [0, 0.1) is 17.2 Å². The Morgan fingerprint density at radius 3 is 2.83 bits per heavy atom. The molecule has 1 aliphatic heterocycles. The Labute approximate surface area is 112 Å². The van der Waals surface area contributed by atoms with Crippen LogP contribution in [-0.4, -0.2) is 18.4 Å². The maximum atomic E-state index is 11.9. The predicted molar refractivity (Wildman–Crippen MR) is 68.5 cm³/mol. The van der Waals surface area contributed by atoms with E-state index in [0.717, 1.165) is 0 Å². The van der Waals surface area contributed by atoms with Gasteiger partial charge < -0.3 is 10.6 Å². The average molecular weight is 308 g/mol. The molecule has 1 aromatic rings. The molecule has 0 bridgehead atoms. The minimum Gasteiger partial charge on any atom is -0.369 e. The molecule has 5 nitrogen and oxygen atoms in total. The maximum Gasteiger partial charge on any atom is 0.227 e. The van der Waals surface area contributed by atoms with Crippen molar-refractivity contribution in [2.24, 2.45) is 11.7 Å². The number of nitriles is 1. The number of rotatable bonds is 2. The van der Waals surface area contributed by atoms with Gasteiger partial charge in [-0.25, -0.2) is 0 Å². The van der Waals surface area contributed by atoms with E-state index < -0.39 is 11.8 Å². The lowest BCUT2D eigenvalue weighted by atomic mass is 10.1. The molecule has 18 heavy (non-hydrogen) atoms. The van der Waals surface area contributed by atoms with Crippen molar-refractivity contribution in [2.45, 2.75) is 6.42 Å². The molecular weight excluding hydrogens is 298 g/mol. The van der Waals surface area contributed by atoms with Crippen molar-refractivity contribution in [2.75, 3.05) is 11.4 Å². The van der Waals surface area contributed by atoms with E-state index in [9.17, 15) is 9.59 Å². The first-order valence-electron chi connectivity index (χ1n) is 5.33. The molecule has 6 heteroatoms.